The maximum Gasteiger partial charge on any atom is 0.293 e. The van der Waals surface area contributed by atoms with Crippen LogP contribution in [-0.4, -0.2) is 36.4 Å². The van der Waals surface area contributed by atoms with E-state index >= 15 is 0 Å². The van der Waals surface area contributed by atoms with Crippen molar-refractivity contribution in [2.24, 2.45) is 0 Å². The molecule has 0 spiro atoms. The monoisotopic (exact) mass is 343 g/mol. The lowest BCUT2D eigenvalue weighted by Crippen LogP contribution is -2.30. The Morgan fingerprint density at radius 2 is 2.04 bits per heavy atom. The van der Waals surface area contributed by atoms with E-state index in [1.54, 1.807) is 26.2 Å². The first-order chi connectivity index (χ1) is 11.9. The molecule has 7 nitrogen and oxygen atoms in total. The number of nitrogens with zero attached hydrogens (tertiary/aromatic N) is 2. The zero-order valence-electron chi connectivity index (χ0n) is 14.5. The molecule has 2 aromatic rings. The molecule has 1 amide bonds. The van der Waals surface area contributed by atoms with Gasteiger partial charge in [-0.3, -0.25) is 19.8 Å². The molecule has 25 heavy (non-hydrogen) atoms. The number of nitrogens with one attached hydrogen (secondary N) is 1. The summed E-state index contributed by atoms with van der Waals surface area (Å²) in [6.45, 7) is 2.43. The molecule has 0 atom stereocenters. The molecular formula is C18H21N3O4. The highest BCUT2D eigenvalue weighted by molar-refractivity contribution is 5.94. The molecule has 0 unspecified atom stereocenters. The van der Waals surface area contributed by atoms with Gasteiger partial charge in [0.25, 0.3) is 5.69 Å². The standard InChI is InChI=1S/C18H21N3O4/c1-13-7-8-16(17(9-13)21(23)24)19-18(22)12-20(2)11-14-5-4-6-15(10-14)25-3/h4-10H,11-12H2,1-3H3,(H,19,22). The summed E-state index contributed by atoms with van der Waals surface area (Å²) >= 11 is 0. The van der Waals surface area contributed by atoms with Crippen molar-refractivity contribution in [2.75, 3.05) is 26.0 Å². The van der Waals surface area contributed by atoms with Gasteiger partial charge in [-0.05, 0) is 43.3 Å². The number of hydrogen-bond acceptors (Lipinski definition) is 5. The number of nitro groups is 1. The van der Waals surface area contributed by atoms with Crippen molar-refractivity contribution in [3.05, 3.63) is 63.7 Å². The number of amides is 1. The van der Waals surface area contributed by atoms with Crippen LogP contribution in [0.25, 0.3) is 0 Å². The molecule has 1 N–H and O–H groups in total. The fraction of sp³-hybridized carbons (Fsp3) is 0.278. The third-order valence-electron chi connectivity index (χ3n) is 3.62. The van der Waals surface area contributed by atoms with Gasteiger partial charge in [-0.2, -0.15) is 0 Å². The third-order valence-corrected chi connectivity index (χ3v) is 3.62. The molecule has 0 aliphatic rings. The van der Waals surface area contributed by atoms with Gasteiger partial charge in [0.1, 0.15) is 11.4 Å². The molecule has 0 aliphatic heterocycles. The highest BCUT2D eigenvalue weighted by atomic mass is 16.6. The Hall–Kier alpha value is -2.93. The molecule has 0 fully saturated rings. The molecule has 0 aromatic heterocycles. The second-order valence-corrected chi connectivity index (χ2v) is 5.85. The number of hydrogen-bond donors (Lipinski definition) is 1. The smallest absolute Gasteiger partial charge is 0.293 e. The van der Waals surface area contributed by atoms with Gasteiger partial charge in [-0.15, -0.1) is 0 Å². The van der Waals surface area contributed by atoms with Gasteiger partial charge in [-0.1, -0.05) is 18.2 Å². The van der Waals surface area contributed by atoms with Gasteiger partial charge in [0.2, 0.25) is 5.91 Å². The van der Waals surface area contributed by atoms with E-state index in [1.165, 1.54) is 6.07 Å². The Kier molecular flexibility index (Phi) is 6.08. The molecule has 2 rings (SSSR count). The maximum atomic E-state index is 12.2. The van der Waals surface area contributed by atoms with Crippen LogP contribution in [0, 0.1) is 17.0 Å². The number of anilines is 1. The molecule has 0 saturated heterocycles. The molecule has 0 bridgehead atoms. The predicted molar refractivity (Wildman–Crippen MR) is 95.8 cm³/mol. The Morgan fingerprint density at radius 3 is 2.72 bits per heavy atom. The van der Waals surface area contributed by atoms with Gasteiger partial charge in [0.15, 0.2) is 0 Å². The quantitative estimate of drug-likeness (QED) is 0.617. The zero-order chi connectivity index (χ0) is 18.4. The number of methoxy groups -OCH3 is 1. The zero-order valence-corrected chi connectivity index (χ0v) is 14.5. The highest BCUT2D eigenvalue weighted by Gasteiger charge is 2.16. The van der Waals surface area contributed by atoms with Gasteiger partial charge in [0, 0.05) is 12.6 Å². The van der Waals surface area contributed by atoms with E-state index in [0.29, 0.717) is 6.54 Å². The van der Waals surface area contributed by atoms with Crippen LogP contribution in [-0.2, 0) is 11.3 Å². The molecular weight excluding hydrogens is 322 g/mol. The fourth-order valence-corrected chi connectivity index (χ4v) is 2.47. The van der Waals surface area contributed by atoms with Gasteiger partial charge >= 0.3 is 0 Å². The number of carbonyl (C=O) groups is 1. The Morgan fingerprint density at radius 1 is 1.28 bits per heavy atom. The number of ether oxygens (including phenoxy) is 1. The lowest BCUT2D eigenvalue weighted by atomic mass is 10.2. The Labute approximate surface area is 146 Å². The lowest BCUT2D eigenvalue weighted by molar-refractivity contribution is -0.384. The largest absolute Gasteiger partial charge is 0.497 e. The number of benzene rings is 2. The van der Waals surface area contributed by atoms with Crippen LogP contribution in [0.15, 0.2) is 42.5 Å². The van der Waals surface area contributed by atoms with E-state index < -0.39 is 4.92 Å². The average molecular weight is 343 g/mol. The van der Waals surface area contributed by atoms with Gasteiger partial charge < -0.3 is 10.1 Å². The molecule has 132 valence electrons. The summed E-state index contributed by atoms with van der Waals surface area (Å²) in [5, 5.41) is 13.7. The summed E-state index contributed by atoms with van der Waals surface area (Å²) < 4.78 is 5.18. The Bertz CT molecular complexity index is 777. The summed E-state index contributed by atoms with van der Waals surface area (Å²) in [6.07, 6.45) is 0. The summed E-state index contributed by atoms with van der Waals surface area (Å²) in [6, 6.07) is 12.3. The number of carbonyl (C=O) groups excluding carboxylic acids is 1. The third kappa shape index (κ3) is 5.29. The summed E-state index contributed by atoms with van der Waals surface area (Å²) in [5.41, 5.74) is 1.87. The van der Waals surface area contributed by atoms with Crippen LogP contribution in [0.2, 0.25) is 0 Å². The second kappa shape index (κ2) is 8.25. The number of nitro benzene ring substituents is 1. The molecule has 0 heterocycles. The SMILES string of the molecule is COc1cccc(CN(C)CC(=O)Nc2ccc(C)cc2[N+](=O)[O-])c1. The van der Waals surface area contributed by atoms with E-state index in [1.807, 2.05) is 36.2 Å². The maximum absolute atomic E-state index is 12.2. The van der Waals surface area contributed by atoms with Gasteiger partial charge in [0.05, 0.1) is 18.6 Å². The van der Waals surface area contributed by atoms with E-state index in [9.17, 15) is 14.9 Å². The first kappa shape index (κ1) is 18.4. The minimum atomic E-state index is -0.497. The normalized spacial score (nSPS) is 10.6. The van der Waals surface area contributed by atoms with Crippen LogP contribution in [0.3, 0.4) is 0 Å². The van der Waals surface area contributed by atoms with Crippen molar-refractivity contribution >= 4 is 17.3 Å². The molecule has 0 radical (unpaired) electrons. The molecule has 7 heteroatoms. The van der Waals surface area contributed by atoms with Crippen LogP contribution in [0.1, 0.15) is 11.1 Å². The van der Waals surface area contributed by atoms with E-state index in [4.69, 9.17) is 4.74 Å². The van der Waals surface area contributed by atoms with Crippen LogP contribution in [0.4, 0.5) is 11.4 Å². The van der Waals surface area contributed by atoms with Crippen molar-refractivity contribution < 1.29 is 14.5 Å². The van der Waals surface area contributed by atoms with E-state index in [0.717, 1.165) is 16.9 Å². The molecule has 0 saturated carbocycles. The van der Waals surface area contributed by atoms with Crippen molar-refractivity contribution in [3.63, 3.8) is 0 Å². The summed E-state index contributed by atoms with van der Waals surface area (Å²) in [4.78, 5) is 24.6. The van der Waals surface area contributed by atoms with Crippen LogP contribution in [0.5, 0.6) is 5.75 Å². The Balaban J connectivity index is 1.99. The highest BCUT2D eigenvalue weighted by Crippen LogP contribution is 2.25. The first-order valence-electron chi connectivity index (χ1n) is 7.75. The van der Waals surface area contributed by atoms with E-state index in [-0.39, 0.29) is 23.8 Å². The first-order valence-corrected chi connectivity index (χ1v) is 7.75. The van der Waals surface area contributed by atoms with Crippen LogP contribution >= 0.6 is 0 Å². The lowest BCUT2D eigenvalue weighted by Gasteiger charge is -2.17. The van der Waals surface area contributed by atoms with Crippen LogP contribution < -0.4 is 10.1 Å². The minimum Gasteiger partial charge on any atom is -0.497 e. The second-order valence-electron chi connectivity index (χ2n) is 5.85. The van der Waals surface area contributed by atoms with Crippen molar-refractivity contribution in [1.82, 2.24) is 4.90 Å². The predicted octanol–water partition coefficient (Wildman–Crippen LogP) is 2.98. The number of rotatable bonds is 7. The van der Waals surface area contributed by atoms with E-state index in [2.05, 4.69) is 5.32 Å². The van der Waals surface area contributed by atoms with Crippen molar-refractivity contribution in [2.45, 2.75) is 13.5 Å². The fourth-order valence-electron chi connectivity index (χ4n) is 2.47. The summed E-state index contributed by atoms with van der Waals surface area (Å²) in [5.74, 6) is 0.447. The average Bonchev–Trinajstić information content (AvgIpc) is 2.56. The molecule has 2 aromatic carbocycles. The van der Waals surface area contributed by atoms with Crippen molar-refractivity contribution in [1.29, 1.82) is 0 Å². The molecule has 0 aliphatic carbocycles. The minimum absolute atomic E-state index is 0.108. The van der Waals surface area contributed by atoms with Crippen molar-refractivity contribution in [3.8, 4) is 5.75 Å². The summed E-state index contributed by atoms with van der Waals surface area (Å²) in [7, 11) is 3.41. The topological polar surface area (TPSA) is 84.7 Å². The van der Waals surface area contributed by atoms with Gasteiger partial charge in [-0.25, -0.2) is 0 Å². The number of likely N-dealkylation sites (N-methyl/N-ethyl adjacent to an activating group) is 1. The number of aryl methyl sites for hydroxylation is 1.